The first-order valence-corrected chi connectivity index (χ1v) is 12.7. The Balaban J connectivity index is 5.50. The quantitative estimate of drug-likeness (QED) is 0.166. The minimum atomic E-state index is -4.27. The van der Waals surface area contributed by atoms with Crippen molar-refractivity contribution in [2.75, 3.05) is 19.8 Å². The topological polar surface area (TPSA) is 82.1 Å². The van der Waals surface area contributed by atoms with E-state index >= 15 is 0 Å². The smallest absolute Gasteiger partial charge is 0.284 e. The van der Waals surface area contributed by atoms with E-state index in [2.05, 4.69) is 13.8 Å². The molecule has 0 amide bonds. The predicted molar refractivity (Wildman–Crippen MR) is 114 cm³/mol. The van der Waals surface area contributed by atoms with E-state index in [1.807, 2.05) is 20.8 Å². The Morgan fingerprint density at radius 1 is 0.750 bits per heavy atom. The highest BCUT2D eigenvalue weighted by molar-refractivity contribution is 7.86. The molecule has 6 nitrogen and oxygen atoms in total. The van der Waals surface area contributed by atoms with Crippen molar-refractivity contribution >= 4 is 10.1 Å². The average Bonchev–Trinajstić information content (AvgIpc) is 2.62. The second-order valence-electron chi connectivity index (χ2n) is 7.34. The molecule has 0 aromatic rings. The molecule has 1 N–H and O–H groups in total. The molecule has 0 aliphatic heterocycles. The number of rotatable bonds is 19. The van der Waals surface area contributed by atoms with Crippen molar-refractivity contribution in [3.63, 3.8) is 0 Å². The van der Waals surface area contributed by atoms with Crippen LogP contribution in [0.3, 0.4) is 0 Å². The van der Waals surface area contributed by atoms with E-state index in [0.717, 1.165) is 44.9 Å². The van der Waals surface area contributed by atoms with Gasteiger partial charge in [0.1, 0.15) is 0 Å². The van der Waals surface area contributed by atoms with Crippen LogP contribution in [0.15, 0.2) is 0 Å². The number of unbranched alkanes of at least 4 members (excludes halogenated alkanes) is 5. The van der Waals surface area contributed by atoms with Crippen molar-refractivity contribution in [2.45, 2.75) is 110 Å². The minimum Gasteiger partial charge on any atom is -0.328 e. The first-order chi connectivity index (χ1) is 13.3. The van der Waals surface area contributed by atoms with Crippen molar-refractivity contribution in [1.29, 1.82) is 0 Å². The highest BCUT2D eigenvalue weighted by atomic mass is 32.2. The third-order valence-corrected chi connectivity index (χ3v) is 6.38. The van der Waals surface area contributed by atoms with Gasteiger partial charge in [-0.2, -0.15) is 8.42 Å². The molecule has 2 unspecified atom stereocenters. The molecule has 0 radical (unpaired) electrons. The molecule has 7 heteroatoms. The maximum Gasteiger partial charge on any atom is 0.284 e. The molecule has 0 rings (SSSR count). The van der Waals surface area contributed by atoms with Gasteiger partial charge in [-0.25, -0.2) is 0 Å². The Labute approximate surface area is 173 Å². The van der Waals surface area contributed by atoms with Gasteiger partial charge in [-0.1, -0.05) is 58.8 Å². The Kier molecular flexibility index (Phi) is 15.5. The van der Waals surface area contributed by atoms with E-state index in [9.17, 15) is 13.0 Å². The normalized spacial score (nSPS) is 14.9. The largest absolute Gasteiger partial charge is 0.328 e. The summed E-state index contributed by atoms with van der Waals surface area (Å²) in [5.41, 5.74) is 0. The van der Waals surface area contributed by atoms with E-state index in [1.165, 1.54) is 12.8 Å². The summed E-state index contributed by atoms with van der Waals surface area (Å²) in [4.78, 5) is 0. The van der Waals surface area contributed by atoms with Gasteiger partial charge in [-0.15, -0.1) is 0 Å². The Morgan fingerprint density at radius 2 is 1.21 bits per heavy atom. The number of ether oxygens (including phenoxy) is 3. The Hall–Kier alpha value is -0.210. The summed E-state index contributed by atoms with van der Waals surface area (Å²) in [5, 5.41) is -0.963. The monoisotopic (exact) mass is 424 g/mol. The number of hydrogen-bond donors (Lipinski definition) is 1. The number of hydrogen-bond acceptors (Lipinski definition) is 5. The van der Waals surface area contributed by atoms with Crippen molar-refractivity contribution < 1.29 is 27.2 Å². The third kappa shape index (κ3) is 11.1. The summed E-state index contributed by atoms with van der Waals surface area (Å²) >= 11 is 0. The molecule has 0 fully saturated rings. The van der Waals surface area contributed by atoms with Gasteiger partial charge in [0, 0.05) is 26.2 Å². The van der Waals surface area contributed by atoms with Crippen molar-refractivity contribution in [2.24, 2.45) is 5.92 Å². The van der Waals surface area contributed by atoms with Crippen LogP contribution in [0, 0.1) is 5.92 Å². The van der Waals surface area contributed by atoms with Crippen LogP contribution in [0.25, 0.3) is 0 Å². The standard InChI is InChI=1S/C21H44O6S/c1-6-11-13-14-15-17-19(16-12-7-2)20(28(22,23)24)18-21(25-8-3,26-9-4)27-10-5/h19-20H,6-18H2,1-5H3,(H,22,23,24). The molecule has 0 aliphatic rings. The Bertz CT molecular complexity index is 448. The molecule has 2 atom stereocenters. The van der Waals surface area contributed by atoms with E-state index in [1.54, 1.807) is 0 Å². The van der Waals surface area contributed by atoms with Gasteiger partial charge in [0.25, 0.3) is 16.1 Å². The summed E-state index contributed by atoms with van der Waals surface area (Å²) < 4.78 is 51.9. The molecule has 0 heterocycles. The first-order valence-electron chi connectivity index (χ1n) is 11.2. The van der Waals surface area contributed by atoms with Crippen LogP contribution in [0.1, 0.15) is 98.8 Å². The van der Waals surface area contributed by atoms with Gasteiger partial charge in [0.05, 0.1) is 5.25 Å². The zero-order chi connectivity index (χ0) is 21.5. The van der Waals surface area contributed by atoms with Crippen LogP contribution >= 0.6 is 0 Å². The lowest BCUT2D eigenvalue weighted by Gasteiger charge is -2.36. The van der Waals surface area contributed by atoms with Gasteiger partial charge in [-0.3, -0.25) is 4.55 Å². The van der Waals surface area contributed by atoms with Crippen LogP contribution < -0.4 is 0 Å². The molecule has 0 aliphatic carbocycles. The van der Waals surface area contributed by atoms with Crippen molar-refractivity contribution in [3.8, 4) is 0 Å². The van der Waals surface area contributed by atoms with Crippen LogP contribution in [0.4, 0.5) is 0 Å². The molecule has 0 saturated carbocycles. The molecule has 0 aromatic carbocycles. The molecule has 0 aromatic heterocycles. The maximum absolute atomic E-state index is 12.4. The van der Waals surface area contributed by atoms with Crippen molar-refractivity contribution in [3.05, 3.63) is 0 Å². The zero-order valence-corrected chi connectivity index (χ0v) is 19.6. The van der Waals surface area contributed by atoms with Crippen LogP contribution in [-0.2, 0) is 24.3 Å². The average molecular weight is 425 g/mol. The fourth-order valence-corrected chi connectivity index (χ4v) is 4.89. The van der Waals surface area contributed by atoms with Gasteiger partial charge < -0.3 is 14.2 Å². The van der Waals surface area contributed by atoms with Crippen LogP contribution in [0.5, 0.6) is 0 Å². The van der Waals surface area contributed by atoms with E-state index in [4.69, 9.17) is 14.2 Å². The zero-order valence-electron chi connectivity index (χ0n) is 18.7. The molecule has 28 heavy (non-hydrogen) atoms. The van der Waals surface area contributed by atoms with Crippen LogP contribution in [0.2, 0.25) is 0 Å². The molecule has 0 spiro atoms. The maximum atomic E-state index is 12.4. The fourth-order valence-electron chi connectivity index (χ4n) is 3.72. The summed E-state index contributed by atoms with van der Waals surface area (Å²) in [6, 6.07) is 0. The highest BCUT2D eigenvalue weighted by Crippen LogP contribution is 2.33. The van der Waals surface area contributed by atoms with Gasteiger partial charge in [0.2, 0.25) is 0 Å². The third-order valence-electron chi connectivity index (χ3n) is 5.06. The molecule has 170 valence electrons. The fraction of sp³-hybridized carbons (Fsp3) is 1.00. The molecule has 0 bridgehead atoms. The second-order valence-corrected chi connectivity index (χ2v) is 8.98. The van der Waals surface area contributed by atoms with E-state index in [-0.39, 0.29) is 12.3 Å². The minimum absolute atomic E-state index is 0.0231. The lowest BCUT2D eigenvalue weighted by atomic mass is 9.90. The van der Waals surface area contributed by atoms with Gasteiger partial charge in [-0.05, 0) is 39.5 Å². The highest BCUT2D eigenvalue weighted by Gasteiger charge is 2.43. The summed E-state index contributed by atoms with van der Waals surface area (Å²) in [6.45, 7) is 10.7. The first kappa shape index (κ1) is 27.8. The lowest BCUT2D eigenvalue weighted by molar-refractivity contribution is -0.380. The summed E-state index contributed by atoms with van der Waals surface area (Å²) in [6.07, 6.45) is 9.00. The van der Waals surface area contributed by atoms with Gasteiger partial charge >= 0.3 is 0 Å². The molecular formula is C21H44O6S. The van der Waals surface area contributed by atoms with Crippen LogP contribution in [-0.4, -0.2) is 44.0 Å². The summed E-state index contributed by atoms with van der Waals surface area (Å²) in [5.74, 6) is -1.58. The summed E-state index contributed by atoms with van der Waals surface area (Å²) in [7, 11) is -4.27. The molecular weight excluding hydrogens is 380 g/mol. The molecule has 0 saturated heterocycles. The van der Waals surface area contributed by atoms with Crippen molar-refractivity contribution in [1.82, 2.24) is 0 Å². The van der Waals surface area contributed by atoms with E-state index < -0.39 is 21.3 Å². The predicted octanol–water partition coefficient (Wildman–Crippen LogP) is 5.56. The second kappa shape index (κ2) is 15.6. The SMILES string of the molecule is CCCCCCCC(CCCC)C(CC(OCC)(OCC)OCC)S(=O)(=O)O. The Morgan fingerprint density at radius 3 is 1.64 bits per heavy atom. The van der Waals surface area contributed by atoms with E-state index in [0.29, 0.717) is 19.8 Å². The lowest BCUT2D eigenvalue weighted by Crippen LogP contribution is -2.46. The van der Waals surface area contributed by atoms with Gasteiger partial charge in [0.15, 0.2) is 0 Å².